The lowest BCUT2D eigenvalue weighted by Crippen LogP contribution is -2.06. The lowest BCUT2D eigenvalue weighted by molar-refractivity contribution is 0.273. The average Bonchev–Trinajstić information content (AvgIpc) is 3.08. The van der Waals surface area contributed by atoms with Gasteiger partial charge >= 0.3 is 0 Å². The fraction of sp³-hybridized carbons (Fsp3) is 0.615. The molecule has 3 rings (SSSR count). The van der Waals surface area contributed by atoms with Gasteiger partial charge in [0.15, 0.2) is 0 Å². The molecule has 0 amide bonds. The van der Waals surface area contributed by atoms with Gasteiger partial charge in [-0.25, -0.2) is 0 Å². The van der Waals surface area contributed by atoms with Crippen LogP contribution < -0.4 is 0 Å². The van der Waals surface area contributed by atoms with Crippen molar-refractivity contribution in [3.63, 3.8) is 0 Å². The van der Waals surface area contributed by atoms with Crippen molar-refractivity contribution in [2.45, 2.75) is 38.0 Å². The highest BCUT2D eigenvalue weighted by Gasteiger charge is 2.38. The summed E-state index contributed by atoms with van der Waals surface area (Å²) in [5.74, 6) is 1.03. The van der Waals surface area contributed by atoms with Gasteiger partial charge in [-0.05, 0) is 49.7 Å². The third-order valence-electron chi connectivity index (χ3n) is 3.74. The molecule has 0 radical (unpaired) electrons. The molecule has 1 aromatic heterocycles. The Bertz CT molecular complexity index is 375. The van der Waals surface area contributed by atoms with Gasteiger partial charge in [0, 0.05) is 23.9 Å². The van der Waals surface area contributed by atoms with Gasteiger partial charge in [0.05, 0.1) is 0 Å². The van der Waals surface area contributed by atoms with Gasteiger partial charge in [-0.1, -0.05) is 6.07 Å². The van der Waals surface area contributed by atoms with E-state index >= 15 is 0 Å². The van der Waals surface area contributed by atoms with E-state index in [4.69, 9.17) is 10.1 Å². The SMILES string of the molecule is OC[C@H]1C[C@@H]1c1ccc2c(n1)CCCC2. The van der Waals surface area contributed by atoms with E-state index in [1.165, 1.54) is 36.2 Å². The van der Waals surface area contributed by atoms with Crippen LogP contribution in [0.1, 0.15) is 42.1 Å². The maximum Gasteiger partial charge on any atom is 0.0465 e. The molecule has 0 saturated heterocycles. The molecule has 0 spiro atoms. The Labute approximate surface area is 90.4 Å². The van der Waals surface area contributed by atoms with Crippen molar-refractivity contribution in [2.75, 3.05) is 6.61 Å². The summed E-state index contributed by atoms with van der Waals surface area (Å²) in [4.78, 5) is 4.76. The van der Waals surface area contributed by atoms with Crippen LogP contribution in [-0.2, 0) is 12.8 Å². The largest absolute Gasteiger partial charge is 0.396 e. The standard InChI is InChI=1S/C13H17NO/c15-8-10-7-11(10)13-6-5-9-3-1-2-4-12(9)14-13/h5-6,10-11,15H,1-4,7-8H2/t10-,11+/m1/s1. The van der Waals surface area contributed by atoms with Crippen molar-refractivity contribution in [1.82, 2.24) is 4.98 Å². The highest BCUT2D eigenvalue weighted by Crippen LogP contribution is 2.46. The van der Waals surface area contributed by atoms with Crippen LogP contribution in [0.15, 0.2) is 12.1 Å². The van der Waals surface area contributed by atoms with Gasteiger partial charge in [0.1, 0.15) is 0 Å². The molecular formula is C13H17NO. The number of pyridine rings is 1. The maximum atomic E-state index is 9.05. The molecule has 2 heteroatoms. The summed E-state index contributed by atoms with van der Waals surface area (Å²) >= 11 is 0. The lowest BCUT2D eigenvalue weighted by atomic mass is 9.95. The molecule has 0 bridgehead atoms. The van der Waals surface area contributed by atoms with E-state index < -0.39 is 0 Å². The minimum Gasteiger partial charge on any atom is -0.396 e. The van der Waals surface area contributed by atoms with Crippen molar-refractivity contribution in [3.05, 3.63) is 29.1 Å². The van der Waals surface area contributed by atoms with E-state index in [0.29, 0.717) is 18.4 Å². The number of aryl methyl sites for hydroxylation is 2. The molecule has 0 unspecified atom stereocenters. The summed E-state index contributed by atoms with van der Waals surface area (Å²) in [5.41, 5.74) is 3.99. The van der Waals surface area contributed by atoms with E-state index in [-0.39, 0.29) is 0 Å². The molecule has 0 aromatic carbocycles. The van der Waals surface area contributed by atoms with Crippen LogP contribution in [0.2, 0.25) is 0 Å². The Morgan fingerprint density at radius 2 is 2.13 bits per heavy atom. The van der Waals surface area contributed by atoms with Crippen molar-refractivity contribution in [3.8, 4) is 0 Å². The monoisotopic (exact) mass is 203 g/mol. The zero-order valence-corrected chi connectivity index (χ0v) is 8.95. The summed E-state index contributed by atoms with van der Waals surface area (Å²) in [6.07, 6.45) is 6.09. The number of aliphatic hydroxyl groups excluding tert-OH is 1. The van der Waals surface area contributed by atoms with Crippen molar-refractivity contribution >= 4 is 0 Å². The average molecular weight is 203 g/mol. The lowest BCUT2D eigenvalue weighted by Gasteiger charge is -2.15. The number of aliphatic hydroxyl groups is 1. The summed E-state index contributed by atoms with van der Waals surface area (Å²) < 4.78 is 0. The predicted octanol–water partition coefficient (Wildman–Crippen LogP) is 2.06. The van der Waals surface area contributed by atoms with Gasteiger partial charge in [0.25, 0.3) is 0 Å². The third kappa shape index (κ3) is 1.67. The quantitative estimate of drug-likeness (QED) is 0.798. The fourth-order valence-corrected chi connectivity index (χ4v) is 2.62. The van der Waals surface area contributed by atoms with Crippen LogP contribution in [0, 0.1) is 5.92 Å². The molecular weight excluding hydrogens is 186 g/mol. The Balaban J connectivity index is 1.85. The first-order chi connectivity index (χ1) is 7.38. The van der Waals surface area contributed by atoms with Crippen molar-refractivity contribution < 1.29 is 5.11 Å². The number of nitrogens with zero attached hydrogens (tertiary/aromatic N) is 1. The van der Waals surface area contributed by atoms with Gasteiger partial charge in [-0.15, -0.1) is 0 Å². The summed E-state index contributed by atoms with van der Waals surface area (Å²) in [6.45, 7) is 0.323. The molecule has 1 heterocycles. The molecule has 1 aromatic rings. The predicted molar refractivity (Wildman–Crippen MR) is 58.8 cm³/mol. The Morgan fingerprint density at radius 3 is 2.93 bits per heavy atom. The number of hydrogen-bond acceptors (Lipinski definition) is 2. The molecule has 1 fully saturated rings. The van der Waals surface area contributed by atoms with Crippen LogP contribution in [0.4, 0.5) is 0 Å². The summed E-state index contributed by atoms with van der Waals surface area (Å²) in [7, 11) is 0. The highest BCUT2D eigenvalue weighted by molar-refractivity contribution is 5.29. The number of aromatic nitrogens is 1. The zero-order valence-electron chi connectivity index (χ0n) is 8.95. The van der Waals surface area contributed by atoms with Crippen molar-refractivity contribution in [1.29, 1.82) is 0 Å². The molecule has 1 saturated carbocycles. The van der Waals surface area contributed by atoms with Crippen LogP contribution in [-0.4, -0.2) is 16.7 Å². The molecule has 80 valence electrons. The third-order valence-corrected chi connectivity index (χ3v) is 3.74. The number of rotatable bonds is 2. The second-order valence-corrected chi connectivity index (χ2v) is 4.83. The number of hydrogen-bond donors (Lipinski definition) is 1. The van der Waals surface area contributed by atoms with Gasteiger partial charge < -0.3 is 5.11 Å². The maximum absolute atomic E-state index is 9.05. The molecule has 2 nitrogen and oxygen atoms in total. The summed E-state index contributed by atoms with van der Waals surface area (Å²) in [6, 6.07) is 4.42. The molecule has 2 aliphatic rings. The van der Waals surface area contributed by atoms with Crippen LogP contribution >= 0.6 is 0 Å². The van der Waals surface area contributed by atoms with Gasteiger partial charge in [-0.3, -0.25) is 4.98 Å². The van der Waals surface area contributed by atoms with E-state index in [0.717, 1.165) is 12.8 Å². The Kier molecular flexibility index (Phi) is 2.24. The highest BCUT2D eigenvalue weighted by atomic mass is 16.3. The Morgan fingerprint density at radius 1 is 1.27 bits per heavy atom. The van der Waals surface area contributed by atoms with E-state index in [9.17, 15) is 0 Å². The molecule has 2 aliphatic carbocycles. The summed E-state index contributed by atoms with van der Waals surface area (Å²) in [5, 5.41) is 9.05. The minimum atomic E-state index is 0.323. The smallest absolute Gasteiger partial charge is 0.0465 e. The van der Waals surface area contributed by atoms with Crippen LogP contribution in [0.5, 0.6) is 0 Å². The molecule has 15 heavy (non-hydrogen) atoms. The molecule has 0 aliphatic heterocycles. The van der Waals surface area contributed by atoms with E-state index in [1.54, 1.807) is 0 Å². The Hall–Kier alpha value is -0.890. The fourth-order valence-electron chi connectivity index (χ4n) is 2.62. The van der Waals surface area contributed by atoms with Crippen LogP contribution in [0.25, 0.3) is 0 Å². The zero-order chi connectivity index (χ0) is 10.3. The molecule has 2 atom stereocenters. The second kappa shape index (κ2) is 3.60. The minimum absolute atomic E-state index is 0.323. The van der Waals surface area contributed by atoms with Crippen molar-refractivity contribution in [2.24, 2.45) is 5.92 Å². The molecule has 1 N–H and O–H groups in total. The topological polar surface area (TPSA) is 33.1 Å². The second-order valence-electron chi connectivity index (χ2n) is 4.83. The van der Waals surface area contributed by atoms with E-state index in [1.807, 2.05) is 0 Å². The van der Waals surface area contributed by atoms with Gasteiger partial charge in [-0.2, -0.15) is 0 Å². The number of fused-ring (bicyclic) bond motifs is 1. The first kappa shape index (κ1) is 9.34. The van der Waals surface area contributed by atoms with Gasteiger partial charge in [0.2, 0.25) is 0 Å². The normalized spacial score (nSPS) is 28.6. The van der Waals surface area contributed by atoms with E-state index in [2.05, 4.69) is 12.1 Å². The first-order valence-corrected chi connectivity index (χ1v) is 5.98. The van der Waals surface area contributed by atoms with Crippen LogP contribution in [0.3, 0.4) is 0 Å². The first-order valence-electron chi connectivity index (χ1n) is 5.98.